The van der Waals surface area contributed by atoms with Gasteiger partial charge in [0.1, 0.15) is 0 Å². The quantitative estimate of drug-likeness (QED) is 0.455. The highest BCUT2D eigenvalue weighted by molar-refractivity contribution is 4.84. The zero-order valence-corrected chi connectivity index (χ0v) is 5.49. The van der Waals surface area contributed by atoms with E-state index < -0.39 is 0 Å². The zero-order valence-electron chi connectivity index (χ0n) is 5.49. The van der Waals surface area contributed by atoms with Gasteiger partial charge >= 0.3 is 0 Å². The molecule has 0 amide bonds. The van der Waals surface area contributed by atoms with Crippen LogP contribution >= 0.6 is 0 Å². The highest BCUT2D eigenvalue weighted by atomic mass is 14.4. The van der Waals surface area contributed by atoms with Crippen molar-refractivity contribution in [3.8, 4) is 0 Å². The minimum absolute atomic E-state index is 0. The first-order valence-electron chi connectivity index (χ1n) is 3.11. The molecule has 0 atom stereocenters. The molecule has 1 fully saturated rings. The summed E-state index contributed by atoms with van der Waals surface area (Å²) in [6.07, 6.45) is 2.95. The Labute approximate surface area is 54.8 Å². The standard InChI is InChI=1S/C7H14.CH4.H2/c1-7(2,3)6-4-5-6;;/h6H,4-5H2,1-3H3;1H4;1H. The second kappa shape index (κ2) is 2.08. The Kier molecular flexibility index (Phi) is 2.08. The minimum Gasteiger partial charge on any atom is -0.0776 e. The van der Waals surface area contributed by atoms with E-state index >= 15 is 0 Å². The van der Waals surface area contributed by atoms with Crippen molar-refractivity contribution in [2.45, 2.75) is 41.0 Å². The SMILES string of the molecule is C.CC(C)(C)C1CC1.[HH]. The largest absolute Gasteiger partial charge is 0.0776 e. The van der Waals surface area contributed by atoms with E-state index in [9.17, 15) is 0 Å². The van der Waals surface area contributed by atoms with Crippen LogP contribution in [0.1, 0.15) is 42.5 Å². The predicted octanol–water partition coefficient (Wildman–Crippen LogP) is 3.32. The first-order chi connectivity index (χ1) is 3.11. The molecule has 0 radical (unpaired) electrons. The van der Waals surface area contributed by atoms with Crippen LogP contribution in [0.15, 0.2) is 0 Å². The van der Waals surface area contributed by atoms with Gasteiger partial charge in [0.25, 0.3) is 0 Å². The van der Waals surface area contributed by atoms with Crippen LogP contribution in [0.25, 0.3) is 0 Å². The lowest BCUT2D eigenvalue weighted by Crippen LogP contribution is -2.06. The molecule has 0 aromatic heterocycles. The molecule has 0 aliphatic heterocycles. The van der Waals surface area contributed by atoms with E-state index in [0.29, 0.717) is 5.41 Å². The fourth-order valence-corrected chi connectivity index (χ4v) is 0.949. The average molecular weight is 116 g/mol. The van der Waals surface area contributed by atoms with Crippen molar-refractivity contribution in [3.05, 3.63) is 0 Å². The molecule has 0 bridgehead atoms. The summed E-state index contributed by atoms with van der Waals surface area (Å²) < 4.78 is 0. The summed E-state index contributed by atoms with van der Waals surface area (Å²) in [4.78, 5) is 0. The zero-order chi connectivity index (χ0) is 5.49. The van der Waals surface area contributed by atoms with Gasteiger partial charge in [-0.25, -0.2) is 0 Å². The molecule has 0 heterocycles. The Bertz CT molecular complexity index is 67.1. The summed E-state index contributed by atoms with van der Waals surface area (Å²) in [7, 11) is 0. The lowest BCUT2D eigenvalue weighted by atomic mass is 9.91. The van der Waals surface area contributed by atoms with Crippen LogP contribution in [0.3, 0.4) is 0 Å². The second-order valence-corrected chi connectivity index (χ2v) is 3.64. The van der Waals surface area contributed by atoms with Crippen molar-refractivity contribution >= 4 is 0 Å². The topological polar surface area (TPSA) is 0 Å². The number of rotatable bonds is 0. The van der Waals surface area contributed by atoms with Gasteiger partial charge < -0.3 is 0 Å². The Morgan fingerprint density at radius 3 is 1.62 bits per heavy atom. The van der Waals surface area contributed by atoms with Crippen LogP contribution < -0.4 is 0 Å². The number of hydrogen-bond acceptors (Lipinski definition) is 0. The van der Waals surface area contributed by atoms with Crippen LogP contribution in [0.2, 0.25) is 0 Å². The summed E-state index contributed by atoms with van der Waals surface area (Å²) in [6, 6.07) is 0. The van der Waals surface area contributed by atoms with Crippen molar-refractivity contribution in [2.75, 3.05) is 0 Å². The molecule has 0 spiro atoms. The van der Waals surface area contributed by atoms with Crippen molar-refractivity contribution in [2.24, 2.45) is 11.3 Å². The van der Waals surface area contributed by atoms with E-state index in [4.69, 9.17) is 0 Å². The van der Waals surface area contributed by atoms with Gasteiger partial charge in [0, 0.05) is 1.43 Å². The van der Waals surface area contributed by atoms with Crippen molar-refractivity contribution in [1.29, 1.82) is 0 Å². The molecule has 0 nitrogen and oxygen atoms in total. The van der Waals surface area contributed by atoms with Crippen LogP contribution in [-0.2, 0) is 0 Å². The van der Waals surface area contributed by atoms with Crippen molar-refractivity contribution < 1.29 is 1.43 Å². The average Bonchev–Trinajstić information content (AvgIpc) is 1.99. The van der Waals surface area contributed by atoms with Gasteiger partial charge in [-0.2, -0.15) is 0 Å². The molecule has 8 heavy (non-hydrogen) atoms. The van der Waals surface area contributed by atoms with Gasteiger partial charge in [0.05, 0.1) is 0 Å². The highest BCUT2D eigenvalue weighted by Crippen LogP contribution is 2.44. The van der Waals surface area contributed by atoms with Gasteiger partial charge in [0.2, 0.25) is 0 Å². The Hall–Kier alpha value is 0. The summed E-state index contributed by atoms with van der Waals surface area (Å²) in [5.74, 6) is 1.05. The smallest absolute Gasteiger partial charge is 0 e. The van der Waals surface area contributed by atoms with E-state index in [2.05, 4.69) is 20.8 Å². The van der Waals surface area contributed by atoms with Gasteiger partial charge in [0.15, 0.2) is 0 Å². The Morgan fingerprint density at radius 1 is 1.25 bits per heavy atom. The predicted molar refractivity (Wildman–Crippen MR) is 41.0 cm³/mol. The normalized spacial score (nSPS) is 19.9. The van der Waals surface area contributed by atoms with Crippen molar-refractivity contribution in [1.82, 2.24) is 0 Å². The Morgan fingerprint density at radius 2 is 1.62 bits per heavy atom. The van der Waals surface area contributed by atoms with Crippen LogP contribution in [-0.4, -0.2) is 0 Å². The lowest BCUT2D eigenvalue weighted by Gasteiger charge is -2.15. The molecule has 0 N–H and O–H groups in total. The third-order valence-corrected chi connectivity index (χ3v) is 1.80. The van der Waals surface area contributed by atoms with Gasteiger partial charge in [-0.1, -0.05) is 28.2 Å². The first-order valence-corrected chi connectivity index (χ1v) is 3.11. The van der Waals surface area contributed by atoms with Gasteiger partial charge in [-0.15, -0.1) is 0 Å². The molecule has 1 rings (SSSR count). The number of hydrogen-bond donors (Lipinski definition) is 0. The maximum Gasteiger partial charge on any atom is 0 e. The minimum atomic E-state index is 0. The molecule has 0 unspecified atom stereocenters. The molecule has 0 aromatic carbocycles. The van der Waals surface area contributed by atoms with E-state index in [1.165, 1.54) is 12.8 Å². The first kappa shape index (κ1) is 8.00. The Balaban J connectivity index is 0. The monoisotopic (exact) mass is 116 g/mol. The van der Waals surface area contributed by atoms with Gasteiger partial charge in [-0.05, 0) is 24.2 Å². The van der Waals surface area contributed by atoms with Crippen molar-refractivity contribution in [3.63, 3.8) is 0 Å². The summed E-state index contributed by atoms with van der Waals surface area (Å²) in [6.45, 7) is 6.97. The molecular formula is C8H20. The van der Waals surface area contributed by atoms with Crippen LogP contribution in [0.5, 0.6) is 0 Å². The van der Waals surface area contributed by atoms with Crippen LogP contribution in [0, 0.1) is 11.3 Å². The second-order valence-electron chi connectivity index (χ2n) is 3.64. The molecule has 0 saturated heterocycles. The van der Waals surface area contributed by atoms with Crippen LogP contribution in [0.4, 0.5) is 0 Å². The summed E-state index contributed by atoms with van der Waals surface area (Å²) in [5, 5.41) is 0. The third kappa shape index (κ3) is 1.85. The molecule has 1 saturated carbocycles. The third-order valence-electron chi connectivity index (χ3n) is 1.80. The molecule has 0 aromatic rings. The molecule has 1 aliphatic rings. The van der Waals surface area contributed by atoms with E-state index in [0.717, 1.165) is 5.92 Å². The van der Waals surface area contributed by atoms with Gasteiger partial charge in [-0.3, -0.25) is 0 Å². The fourth-order valence-electron chi connectivity index (χ4n) is 0.949. The molecular weight excluding hydrogens is 96.1 g/mol. The highest BCUT2D eigenvalue weighted by Gasteiger charge is 2.33. The molecule has 1 aliphatic carbocycles. The molecule has 0 heteroatoms. The van der Waals surface area contributed by atoms with E-state index in [1.807, 2.05) is 0 Å². The maximum absolute atomic E-state index is 2.32. The maximum atomic E-state index is 2.32. The summed E-state index contributed by atoms with van der Waals surface area (Å²) >= 11 is 0. The molecule has 52 valence electrons. The summed E-state index contributed by atoms with van der Waals surface area (Å²) in [5.41, 5.74) is 0.611. The fraction of sp³-hybridized carbons (Fsp3) is 1.00. The van der Waals surface area contributed by atoms with E-state index in [-0.39, 0.29) is 8.85 Å². The van der Waals surface area contributed by atoms with E-state index in [1.54, 1.807) is 0 Å². The lowest BCUT2D eigenvalue weighted by molar-refractivity contribution is 0.351.